The molecule has 1 aliphatic heterocycles. The van der Waals surface area contributed by atoms with Crippen LogP contribution in [0.1, 0.15) is 25.7 Å². The molecule has 7 heteroatoms. The molecule has 0 aromatic carbocycles. The van der Waals surface area contributed by atoms with Crippen molar-refractivity contribution in [1.29, 1.82) is 0 Å². The maximum atomic E-state index is 11.7. The topological polar surface area (TPSA) is 50.4 Å². The van der Waals surface area contributed by atoms with Gasteiger partial charge in [-0.05, 0) is 25.8 Å². The lowest BCUT2D eigenvalue weighted by molar-refractivity contribution is -0.175. The van der Waals surface area contributed by atoms with Gasteiger partial charge in [0.2, 0.25) is 5.91 Å². The third-order valence-corrected chi connectivity index (χ3v) is 2.73. The molecule has 0 aromatic rings. The van der Waals surface area contributed by atoms with Crippen molar-refractivity contribution in [3.05, 3.63) is 0 Å². The number of hydrogen-bond donors (Lipinski definition) is 2. The SMILES string of the molecule is O=C(COCC(F)(F)F)NCCC1CCCCN1. The fraction of sp³-hybridized carbons (Fsp3) is 0.909. The van der Waals surface area contributed by atoms with Gasteiger partial charge >= 0.3 is 6.18 Å². The number of rotatable bonds is 6. The van der Waals surface area contributed by atoms with E-state index in [1.54, 1.807) is 0 Å². The van der Waals surface area contributed by atoms with Crippen molar-refractivity contribution in [2.45, 2.75) is 37.9 Å². The normalized spacial score (nSPS) is 20.7. The lowest BCUT2D eigenvalue weighted by Crippen LogP contribution is -2.38. The van der Waals surface area contributed by atoms with Crippen LogP contribution in [0.25, 0.3) is 0 Å². The average Bonchev–Trinajstić information content (AvgIpc) is 2.28. The molecule has 0 bridgehead atoms. The molecule has 0 radical (unpaired) electrons. The van der Waals surface area contributed by atoms with Crippen molar-refractivity contribution >= 4 is 5.91 Å². The van der Waals surface area contributed by atoms with E-state index in [4.69, 9.17) is 0 Å². The van der Waals surface area contributed by atoms with Crippen molar-refractivity contribution in [1.82, 2.24) is 10.6 Å². The first-order chi connectivity index (χ1) is 8.47. The van der Waals surface area contributed by atoms with Crippen molar-refractivity contribution in [2.75, 3.05) is 26.3 Å². The van der Waals surface area contributed by atoms with Gasteiger partial charge in [0, 0.05) is 12.6 Å². The van der Waals surface area contributed by atoms with Crippen LogP contribution in [0, 0.1) is 0 Å². The fourth-order valence-electron chi connectivity index (χ4n) is 1.87. The first-order valence-electron chi connectivity index (χ1n) is 6.12. The Morgan fingerprint density at radius 3 is 2.78 bits per heavy atom. The Morgan fingerprint density at radius 1 is 1.39 bits per heavy atom. The monoisotopic (exact) mass is 268 g/mol. The average molecular weight is 268 g/mol. The minimum absolute atomic E-state index is 0.398. The molecule has 1 atom stereocenters. The van der Waals surface area contributed by atoms with Gasteiger partial charge in [0.25, 0.3) is 0 Å². The van der Waals surface area contributed by atoms with Crippen molar-refractivity contribution in [3.63, 3.8) is 0 Å². The number of amides is 1. The highest BCUT2D eigenvalue weighted by Crippen LogP contribution is 2.14. The number of hydrogen-bond acceptors (Lipinski definition) is 3. The van der Waals surface area contributed by atoms with Gasteiger partial charge in [-0.1, -0.05) is 6.42 Å². The largest absolute Gasteiger partial charge is 0.411 e. The molecular formula is C11H19F3N2O2. The van der Waals surface area contributed by atoms with Gasteiger partial charge in [0.1, 0.15) is 13.2 Å². The molecule has 1 aliphatic rings. The molecule has 18 heavy (non-hydrogen) atoms. The van der Waals surface area contributed by atoms with E-state index in [-0.39, 0.29) is 0 Å². The standard InChI is InChI=1S/C11H19F3N2O2/c12-11(13,14)8-18-7-10(17)16-6-4-9-3-1-2-5-15-9/h9,15H,1-8H2,(H,16,17). The van der Waals surface area contributed by atoms with Crippen LogP contribution in [-0.2, 0) is 9.53 Å². The molecule has 4 nitrogen and oxygen atoms in total. The summed E-state index contributed by atoms with van der Waals surface area (Å²) in [6.45, 7) is -0.471. The van der Waals surface area contributed by atoms with Gasteiger partial charge in [-0.2, -0.15) is 13.2 Å². The summed E-state index contributed by atoms with van der Waals surface area (Å²) in [5, 5.41) is 5.87. The summed E-state index contributed by atoms with van der Waals surface area (Å²) < 4.78 is 39.5. The fourth-order valence-corrected chi connectivity index (χ4v) is 1.87. The number of nitrogens with one attached hydrogen (secondary N) is 2. The number of halogens is 3. The van der Waals surface area contributed by atoms with Gasteiger partial charge in [-0.25, -0.2) is 0 Å². The Labute approximate surface area is 104 Å². The molecule has 2 N–H and O–H groups in total. The smallest absolute Gasteiger partial charge is 0.362 e. The van der Waals surface area contributed by atoms with E-state index >= 15 is 0 Å². The predicted octanol–water partition coefficient (Wildman–Crippen LogP) is 1.21. The van der Waals surface area contributed by atoms with E-state index in [2.05, 4.69) is 15.4 Å². The van der Waals surface area contributed by atoms with Crippen LogP contribution in [0.3, 0.4) is 0 Å². The molecule has 1 heterocycles. The van der Waals surface area contributed by atoms with Crippen LogP contribution >= 0.6 is 0 Å². The summed E-state index contributed by atoms with van der Waals surface area (Å²) in [5.74, 6) is -0.505. The van der Waals surface area contributed by atoms with Crippen LogP contribution in [0.2, 0.25) is 0 Å². The van der Waals surface area contributed by atoms with Crippen LogP contribution < -0.4 is 10.6 Å². The number of carbonyl (C=O) groups excluding carboxylic acids is 1. The summed E-state index contributed by atoms with van der Waals surface area (Å²) in [4.78, 5) is 11.1. The van der Waals surface area contributed by atoms with Gasteiger partial charge < -0.3 is 15.4 Å². The lowest BCUT2D eigenvalue weighted by Gasteiger charge is -2.23. The molecule has 1 unspecified atom stereocenters. The molecule has 0 spiro atoms. The zero-order valence-electron chi connectivity index (χ0n) is 10.2. The zero-order valence-corrected chi connectivity index (χ0v) is 10.2. The first-order valence-corrected chi connectivity index (χ1v) is 6.12. The second-order valence-electron chi connectivity index (χ2n) is 4.39. The lowest BCUT2D eigenvalue weighted by atomic mass is 10.0. The van der Waals surface area contributed by atoms with Crippen molar-refractivity contribution in [2.24, 2.45) is 0 Å². The molecule has 1 saturated heterocycles. The van der Waals surface area contributed by atoms with Crippen molar-refractivity contribution in [3.8, 4) is 0 Å². The third-order valence-electron chi connectivity index (χ3n) is 2.73. The summed E-state index contributed by atoms with van der Waals surface area (Å²) in [5.41, 5.74) is 0. The van der Waals surface area contributed by atoms with E-state index in [0.29, 0.717) is 12.6 Å². The number of carbonyl (C=O) groups is 1. The molecule has 1 amide bonds. The molecule has 0 aliphatic carbocycles. The van der Waals surface area contributed by atoms with Crippen LogP contribution in [0.4, 0.5) is 13.2 Å². The highest BCUT2D eigenvalue weighted by Gasteiger charge is 2.27. The van der Waals surface area contributed by atoms with E-state index in [1.165, 1.54) is 12.8 Å². The molecule has 0 aromatic heterocycles. The summed E-state index contributed by atoms with van der Waals surface area (Å²) in [6.07, 6.45) is -0.147. The van der Waals surface area contributed by atoms with Gasteiger partial charge in [-0.15, -0.1) is 0 Å². The van der Waals surface area contributed by atoms with Gasteiger partial charge in [-0.3, -0.25) is 4.79 Å². The molecular weight excluding hydrogens is 249 g/mol. The second-order valence-corrected chi connectivity index (χ2v) is 4.39. The Bertz CT molecular complexity index is 253. The Kier molecular flexibility index (Phi) is 6.42. The minimum Gasteiger partial charge on any atom is -0.362 e. The molecule has 0 saturated carbocycles. The number of ether oxygens (including phenoxy) is 1. The maximum absolute atomic E-state index is 11.7. The second kappa shape index (κ2) is 7.58. The highest BCUT2D eigenvalue weighted by molar-refractivity contribution is 5.77. The van der Waals surface area contributed by atoms with Crippen LogP contribution in [0.5, 0.6) is 0 Å². The number of alkyl halides is 3. The quantitative estimate of drug-likeness (QED) is 0.761. The summed E-state index contributed by atoms with van der Waals surface area (Å²) >= 11 is 0. The third kappa shape index (κ3) is 7.50. The maximum Gasteiger partial charge on any atom is 0.411 e. The van der Waals surface area contributed by atoms with Crippen LogP contribution in [0.15, 0.2) is 0 Å². The van der Waals surface area contributed by atoms with E-state index in [0.717, 1.165) is 19.4 Å². The van der Waals surface area contributed by atoms with E-state index in [9.17, 15) is 18.0 Å². The van der Waals surface area contributed by atoms with Gasteiger partial charge in [0.05, 0.1) is 0 Å². The van der Waals surface area contributed by atoms with Gasteiger partial charge in [0.15, 0.2) is 0 Å². The predicted molar refractivity (Wildman–Crippen MR) is 60.1 cm³/mol. The van der Waals surface area contributed by atoms with E-state index in [1.807, 2.05) is 0 Å². The number of piperidine rings is 1. The Hall–Kier alpha value is -0.820. The Morgan fingerprint density at radius 2 is 2.17 bits per heavy atom. The summed E-state index contributed by atoms with van der Waals surface area (Å²) in [7, 11) is 0. The van der Waals surface area contributed by atoms with Crippen molar-refractivity contribution < 1.29 is 22.7 Å². The van der Waals surface area contributed by atoms with Crippen LogP contribution in [-0.4, -0.2) is 44.4 Å². The molecule has 1 rings (SSSR count). The molecule has 106 valence electrons. The van der Waals surface area contributed by atoms with E-state index < -0.39 is 25.3 Å². The summed E-state index contributed by atoms with van der Waals surface area (Å²) in [6, 6.07) is 0.398. The Balaban J connectivity index is 1.99. The zero-order chi connectivity index (χ0) is 13.4. The first kappa shape index (κ1) is 15.2. The molecule has 1 fully saturated rings. The highest BCUT2D eigenvalue weighted by atomic mass is 19.4. The minimum atomic E-state index is -4.38.